The molecular formula is C17H8N4O. The van der Waals surface area contributed by atoms with Crippen LogP contribution in [0.15, 0.2) is 57.4 Å². The van der Waals surface area contributed by atoms with Gasteiger partial charge in [-0.25, -0.2) is 14.8 Å². The minimum atomic E-state index is -0.485. The number of fused-ring (bicyclic) bond motifs is 6. The van der Waals surface area contributed by atoms with Crippen molar-refractivity contribution in [2.45, 2.75) is 0 Å². The first-order valence-electron chi connectivity index (χ1n) is 6.88. The molecule has 22 heavy (non-hydrogen) atoms. The number of carbonyl (C=O) groups is 1. The monoisotopic (exact) mass is 284 g/mol. The van der Waals surface area contributed by atoms with E-state index in [2.05, 4.69) is 15.0 Å². The molecule has 102 valence electrons. The maximum Gasteiger partial charge on any atom is 0.367 e. The number of amides is 2. The third-order valence-electron chi connectivity index (χ3n) is 3.90. The molecule has 0 unspecified atom stereocenters. The van der Waals surface area contributed by atoms with Crippen molar-refractivity contribution in [2.24, 2.45) is 15.0 Å². The quantitative estimate of drug-likeness (QED) is 0.497. The summed E-state index contributed by atoms with van der Waals surface area (Å²) in [6, 6.07) is 13.2. The summed E-state index contributed by atoms with van der Waals surface area (Å²) >= 11 is 0. The lowest BCUT2D eigenvalue weighted by Gasteiger charge is -2.05. The molecule has 0 saturated carbocycles. The Morgan fingerprint density at radius 1 is 0.955 bits per heavy atom. The molecule has 1 aromatic heterocycles. The summed E-state index contributed by atoms with van der Waals surface area (Å²) in [4.78, 5) is 28.5. The van der Waals surface area contributed by atoms with E-state index in [4.69, 9.17) is 4.98 Å². The molecule has 0 aliphatic carbocycles. The van der Waals surface area contributed by atoms with Crippen LogP contribution in [0.2, 0.25) is 0 Å². The Morgan fingerprint density at radius 3 is 2.82 bits per heavy atom. The molecule has 0 N–H and O–H groups in total. The molecule has 0 saturated heterocycles. The predicted molar refractivity (Wildman–Crippen MR) is 82.1 cm³/mol. The van der Waals surface area contributed by atoms with E-state index in [9.17, 15) is 4.79 Å². The number of carbonyl (C=O) groups excluding carboxylic acids is 1. The number of aliphatic imine (C=N–C) groups is 1. The fourth-order valence-electron chi connectivity index (χ4n) is 2.90. The Bertz CT molecular complexity index is 1150. The predicted octanol–water partition coefficient (Wildman–Crippen LogP) is 2.34. The molecule has 0 fully saturated rings. The van der Waals surface area contributed by atoms with Gasteiger partial charge in [0.15, 0.2) is 0 Å². The lowest BCUT2D eigenvalue weighted by molar-refractivity contribution is 0.256. The smallest absolute Gasteiger partial charge is 0.246 e. The van der Waals surface area contributed by atoms with Gasteiger partial charge in [-0.3, -0.25) is 0 Å². The number of para-hydroxylation sites is 1. The van der Waals surface area contributed by atoms with E-state index >= 15 is 0 Å². The first kappa shape index (κ1) is 11.4. The van der Waals surface area contributed by atoms with Crippen molar-refractivity contribution < 1.29 is 4.79 Å². The molecule has 5 nitrogen and oxygen atoms in total. The molecular weight excluding hydrogens is 276 g/mol. The highest BCUT2D eigenvalue weighted by molar-refractivity contribution is 5.98. The summed E-state index contributed by atoms with van der Waals surface area (Å²) in [6.45, 7) is 0. The fraction of sp³-hybridized carbons (Fsp3) is 0. The van der Waals surface area contributed by atoms with Crippen molar-refractivity contribution in [3.63, 3.8) is 0 Å². The summed E-state index contributed by atoms with van der Waals surface area (Å²) in [5.74, 6) is 0. The molecule has 3 aromatic rings. The van der Waals surface area contributed by atoms with Crippen molar-refractivity contribution in [2.75, 3.05) is 0 Å². The Hall–Kier alpha value is -3.21. The van der Waals surface area contributed by atoms with E-state index in [1.54, 1.807) is 6.21 Å². The molecule has 0 bridgehead atoms. The first-order valence-corrected chi connectivity index (χ1v) is 6.88. The second-order valence-corrected chi connectivity index (χ2v) is 5.21. The maximum absolute atomic E-state index is 11.5. The van der Waals surface area contributed by atoms with E-state index < -0.39 is 6.03 Å². The van der Waals surface area contributed by atoms with E-state index in [0.717, 1.165) is 38.8 Å². The summed E-state index contributed by atoms with van der Waals surface area (Å²) in [7, 11) is 0. The van der Waals surface area contributed by atoms with Gasteiger partial charge < -0.3 is 0 Å². The van der Waals surface area contributed by atoms with Crippen LogP contribution in [0.1, 0.15) is 5.56 Å². The largest absolute Gasteiger partial charge is 0.367 e. The summed E-state index contributed by atoms with van der Waals surface area (Å²) in [6.07, 6.45) is 1.54. The standard InChI is InChI=1S/C17H8N4O/c22-17-18-8-9-5-6-13-11(15(9)21-17)7-14-16(20-13)10-3-1-2-4-12(10)19-14/h1-8H. The molecule has 2 amide bonds. The number of pyridine rings is 1. The summed E-state index contributed by atoms with van der Waals surface area (Å²) in [5, 5.41) is 2.26. The van der Waals surface area contributed by atoms with E-state index in [0.29, 0.717) is 5.36 Å². The van der Waals surface area contributed by atoms with Gasteiger partial charge in [0.2, 0.25) is 0 Å². The van der Waals surface area contributed by atoms with Gasteiger partial charge in [0.25, 0.3) is 0 Å². The van der Waals surface area contributed by atoms with Crippen molar-refractivity contribution in [1.82, 2.24) is 4.98 Å². The van der Waals surface area contributed by atoms with Crippen LogP contribution in [-0.4, -0.2) is 17.2 Å². The van der Waals surface area contributed by atoms with Crippen LogP contribution in [-0.2, 0) is 0 Å². The highest BCUT2D eigenvalue weighted by Gasteiger charge is 2.17. The first-order chi connectivity index (χ1) is 10.8. The van der Waals surface area contributed by atoms with Crippen molar-refractivity contribution in [3.8, 4) is 11.3 Å². The van der Waals surface area contributed by atoms with Gasteiger partial charge in [-0.05, 0) is 24.3 Å². The summed E-state index contributed by atoms with van der Waals surface area (Å²) < 4.78 is 0. The van der Waals surface area contributed by atoms with Crippen LogP contribution in [0.25, 0.3) is 22.2 Å². The maximum atomic E-state index is 11.5. The normalized spacial score (nSPS) is 14.1. The van der Waals surface area contributed by atoms with E-state index in [-0.39, 0.29) is 0 Å². The number of hydrogen-bond donors (Lipinski definition) is 0. The van der Waals surface area contributed by atoms with Gasteiger partial charge in [0.05, 0.1) is 27.6 Å². The third-order valence-corrected chi connectivity index (χ3v) is 3.90. The zero-order valence-corrected chi connectivity index (χ0v) is 11.3. The number of aromatic nitrogens is 1. The number of hydrogen-bond acceptors (Lipinski definition) is 3. The SMILES string of the molecule is O=C1N=Cc2ccc3nc4c(cc3c2=N1)=Nc1ccccc1-4. The van der Waals surface area contributed by atoms with Crippen LogP contribution >= 0.6 is 0 Å². The zero-order chi connectivity index (χ0) is 14.7. The number of nitrogens with zero attached hydrogens (tertiary/aromatic N) is 4. The van der Waals surface area contributed by atoms with Gasteiger partial charge in [-0.15, -0.1) is 0 Å². The number of urea groups is 1. The van der Waals surface area contributed by atoms with Crippen molar-refractivity contribution in [1.29, 1.82) is 0 Å². The van der Waals surface area contributed by atoms with Gasteiger partial charge in [0, 0.05) is 22.7 Å². The third kappa shape index (κ3) is 1.45. The molecule has 0 spiro atoms. The Kier molecular flexibility index (Phi) is 2.04. The van der Waals surface area contributed by atoms with Crippen molar-refractivity contribution in [3.05, 3.63) is 58.7 Å². The van der Waals surface area contributed by atoms with Crippen molar-refractivity contribution >= 4 is 28.8 Å². The second kappa shape index (κ2) is 3.92. The Morgan fingerprint density at radius 2 is 1.86 bits per heavy atom. The fourth-order valence-corrected chi connectivity index (χ4v) is 2.90. The topological polar surface area (TPSA) is 67.0 Å². The van der Waals surface area contributed by atoms with Crippen LogP contribution < -0.4 is 10.7 Å². The van der Waals surface area contributed by atoms with Crippen LogP contribution in [0, 0.1) is 0 Å². The van der Waals surface area contributed by atoms with Crippen LogP contribution in [0.5, 0.6) is 0 Å². The molecule has 2 aliphatic heterocycles. The summed E-state index contributed by atoms with van der Waals surface area (Å²) in [5.41, 5.74) is 4.45. The highest BCUT2D eigenvalue weighted by Crippen LogP contribution is 2.31. The Balaban J connectivity index is 1.93. The number of rotatable bonds is 0. The molecule has 2 aromatic carbocycles. The average molecular weight is 284 g/mol. The minimum Gasteiger partial charge on any atom is -0.246 e. The van der Waals surface area contributed by atoms with Gasteiger partial charge in [-0.2, -0.15) is 9.98 Å². The molecule has 5 rings (SSSR count). The lowest BCUT2D eigenvalue weighted by atomic mass is 10.1. The highest BCUT2D eigenvalue weighted by atomic mass is 16.2. The van der Waals surface area contributed by atoms with Crippen LogP contribution in [0.4, 0.5) is 10.5 Å². The molecule has 0 radical (unpaired) electrons. The van der Waals surface area contributed by atoms with Crippen LogP contribution in [0.3, 0.4) is 0 Å². The zero-order valence-electron chi connectivity index (χ0n) is 11.3. The van der Waals surface area contributed by atoms with Gasteiger partial charge in [-0.1, -0.05) is 18.2 Å². The average Bonchev–Trinajstić information content (AvgIpc) is 2.90. The molecule has 5 heteroatoms. The molecule has 0 atom stereocenters. The molecule has 2 aliphatic rings. The van der Waals surface area contributed by atoms with E-state index in [1.165, 1.54) is 0 Å². The van der Waals surface area contributed by atoms with Gasteiger partial charge >= 0.3 is 6.03 Å². The Labute approximate surface area is 124 Å². The van der Waals surface area contributed by atoms with E-state index in [1.807, 2.05) is 42.5 Å². The minimum absolute atomic E-state index is 0.485. The second-order valence-electron chi connectivity index (χ2n) is 5.21. The lowest BCUT2D eigenvalue weighted by Crippen LogP contribution is -2.19. The van der Waals surface area contributed by atoms with Gasteiger partial charge in [0.1, 0.15) is 0 Å². The number of benzene rings is 2. The molecule has 3 heterocycles.